The molecule has 0 saturated heterocycles. The topological polar surface area (TPSA) is 61.8 Å². The zero-order valence-corrected chi connectivity index (χ0v) is 40.0. The van der Waals surface area contributed by atoms with Gasteiger partial charge >= 0.3 is 11.9 Å². The van der Waals surface area contributed by atoms with E-state index in [0.717, 1.165) is 70.6 Å². The predicted molar refractivity (Wildman–Crippen MR) is 261 cm³/mol. The fourth-order valence-corrected chi connectivity index (χ4v) is 7.19. The van der Waals surface area contributed by atoms with Gasteiger partial charge in [-0.2, -0.15) is 0 Å². The number of hydrogen-bond donors (Lipinski definition) is 0. The van der Waals surface area contributed by atoms with E-state index in [-0.39, 0.29) is 25.2 Å². The molecule has 348 valence electrons. The van der Waals surface area contributed by atoms with Crippen molar-refractivity contribution in [3.63, 3.8) is 0 Å². The van der Waals surface area contributed by atoms with E-state index in [1.54, 1.807) is 0 Å². The summed E-state index contributed by atoms with van der Waals surface area (Å²) in [5, 5.41) is 0. The fraction of sp³-hybridized carbons (Fsp3) is 0.782. The molecule has 5 heteroatoms. The van der Waals surface area contributed by atoms with Crippen LogP contribution in [0.3, 0.4) is 0 Å². The summed E-state index contributed by atoms with van der Waals surface area (Å²) in [6.45, 7) is 7.65. The van der Waals surface area contributed by atoms with Gasteiger partial charge in [0.05, 0.1) is 6.61 Å². The number of carbonyl (C=O) groups is 2. The SMILES string of the molecule is CC/C=C\C/C=C\C/C=C\C/C=C\CCCCC(=O)OC(COCCCCCCCC/C=C\CCCC)COC(=O)CCCCCCCCCCCCCCCCCCC. The Morgan fingerprint density at radius 1 is 0.383 bits per heavy atom. The molecule has 60 heavy (non-hydrogen) atoms. The minimum Gasteiger partial charge on any atom is -0.462 e. The Labute approximate surface area is 373 Å². The Balaban J connectivity index is 4.29. The van der Waals surface area contributed by atoms with Crippen molar-refractivity contribution in [1.82, 2.24) is 0 Å². The second kappa shape index (κ2) is 51.0. The van der Waals surface area contributed by atoms with Gasteiger partial charge in [-0.25, -0.2) is 0 Å². The van der Waals surface area contributed by atoms with E-state index in [9.17, 15) is 9.59 Å². The second-order valence-corrected chi connectivity index (χ2v) is 17.0. The molecule has 0 aliphatic carbocycles. The van der Waals surface area contributed by atoms with Crippen LogP contribution in [0, 0.1) is 0 Å². The van der Waals surface area contributed by atoms with Gasteiger partial charge in [0.25, 0.3) is 0 Å². The molecular formula is C55H98O5. The number of carbonyl (C=O) groups excluding carboxylic acids is 2. The summed E-state index contributed by atoms with van der Waals surface area (Å²) in [5.74, 6) is -0.440. The van der Waals surface area contributed by atoms with Crippen molar-refractivity contribution in [2.24, 2.45) is 0 Å². The molecule has 0 aliphatic rings. The van der Waals surface area contributed by atoms with Crippen molar-refractivity contribution in [3.8, 4) is 0 Å². The largest absolute Gasteiger partial charge is 0.462 e. The highest BCUT2D eigenvalue weighted by molar-refractivity contribution is 5.70. The second-order valence-electron chi connectivity index (χ2n) is 17.0. The molecule has 0 aromatic carbocycles. The molecule has 0 N–H and O–H groups in total. The number of esters is 2. The third-order valence-corrected chi connectivity index (χ3v) is 11.0. The summed E-state index contributed by atoms with van der Waals surface area (Å²) in [4.78, 5) is 25.4. The number of rotatable bonds is 47. The molecule has 0 spiro atoms. The minimum atomic E-state index is -0.559. The maximum Gasteiger partial charge on any atom is 0.306 e. The molecule has 0 saturated carbocycles. The standard InChI is InChI=1S/C55H98O5/c1-4-7-10-13-16-19-22-25-27-28-30-31-33-36-39-42-45-48-54(56)59-52-53(51-58-50-47-44-41-38-35-24-21-18-15-12-9-6-3)60-55(57)49-46-43-40-37-34-32-29-26-23-20-17-14-11-8-5-2/h8,11,15,17-18,20,26,29,34,37,53H,4-7,9-10,12-14,16,19,21-25,27-28,30-33,35-36,38-52H2,1-3H3/b11-8-,18-15-,20-17-,29-26-,37-34-. The van der Waals surface area contributed by atoms with Crippen molar-refractivity contribution in [2.45, 2.75) is 258 Å². The van der Waals surface area contributed by atoms with Gasteiger partial charge in [0, 0.05) is 19.4 Å². The Morgan fingerprint density at radius 3 is 1.30 bits per heavy atom. The van der Waals surface area contributed by atoms with Gasteiger partial charge in [-0.3, -0.25) is 9.59 Å². The first-order chi connectivity index (χ1) is 29.6. The average Bonchev–Trinajstić information content (AvgIpc) is 3.25. The molecular weight excluding hydrogens is 741 g/mol. The summed E-state index contributed by atoms with van der Waals surface area (Å²) in [6.07, 6.45) is 63.7. The third-order valence-electron chi connectivity index (χ3n) is 11.0. The van der Waals surface area contributed by atoms with Gasteiger partial charge in [0.2, 0.25) is 0 Å². The van der Waals surface area contributed by atoms with Crippen LogP contribution < -0.4 is 0 Å². The zero-order chi connectivity index (χ0) is 43.5. The van der Waals surface area contributed by atoms with E-state index >= 15 is 0 Å². The van der Waals surface area contributed by atoms with E-state index in [0.29, 0.717) is 19.4 Å². The molecule has 0 bridgehead atoms. The van der Waals surface area contributed by atoms with E-state index in [4.69, 9.17) is 14.2 Å². The summed E-state index contributed by atoms with van der Waals surface area (Å²) in [5.41, 5.74) is 0. The van der Waals surface area contributed by atoms with Crippen molar-refractivity contribution >= 4 is 11.9 Å². The molecule has 5 nitrogen and oxygen atoms in total. The maximum absolute atomic E-state index is 12.8. The quantitative estimate of drug-likeness (QED) is 0.0347. The number of hydrogen-bond acceptors (Lipinski definition) is 5. The van der Waals surface area contributed by atoms with Crippen molar-refractivity contribution < 1.29 is 23.8 Å². The van der Waals surface area contributed by atoms with E-state index in [1.807, 2.05) is 0 Å². The predicted octanol–water partition coefficient (Wildman–Crippen LogP) is 17.3. The van der Waals surface area contributed by atoms with Crippen LogP contribution in [-0.4, -0.2) is 37.9 Å². The molecule has 0 fully saturated rings. The van der Waals surface area contributed by atoms with Crippen LogP contribution in [0.25, 0.3) is 0 Å². The Hall–Kier alpha value is -2.40. The Bertz CT molecular complexity index is 1040. The lowest BCUT2D eigenvalue weighted by molar-refractivity contribution is -0.163. The van der Waals surface area contributed by atoms with Crippen molar-refractivity contribution in [1.29, 1.82) is 0 Å². The van der Waals surface area contributed by atoms with Crippen LogP contribution >= 0.6 is 0 Å². The minimum absolute atomic E-state index is 0.0678. The first-order valence-corrected chi connectivity index (χ1v) is 25.8. The summed E-state index contributed by atoms with van der Waals surface area (Å²) < 4.78 is 17.4. The highest BCUT2D eigenvalue weighted by Crippen LogP contribution is 2.15. The van der Waals surface area contributed by atoms with Crippen LogP contribution in [0.1, 0.15) is 252 Å². The van der Waals surface area contributed by atoms with Gasteiger partial charge < -0.3 is 14.2 Å². The van der Waals surface area contributed by atoms with E-state index in [2.05, 4.69) is 81.5 Å². The molecule has 0 heterocycles. The Kier molecular flexibility index (Phi) is 48.9. The van der Waals surface area contributed by atoms with Gasteiger partial charge in [-0.05, 0) is 77.0 Å². The lowest BCUT2D eigenvalue weighted by atomic mass is 10.0. The van der Waals surface area contributed by atoms with Crippen LogP contribution in [0.5, 0.6) is 0 Å². The first-order valence-electron chi connectivity index (χ1n) is 25.8. The number of ether oxygens (including phenoxy) is 3. The average molecular weight is 839 g/mol. The van der Waals surface area contributed by atoms with Gasteiger partial charge in [0.1, 0.15) is 6.61 Å². The van der Waals surface area contributed by atoms with E-state index < -0.39 is 6.10 Å². The third kappa shape index (κ3) is 48.3. The smallest absolute Gasteiger partial charge is 0.306 e. The molecule has 0 rings (SSSR count). The van der Waals surface area contributed by atoms with E-state index in [1.165, 1.54) is 148 Å². The zero-order valence-electron chi connectivity index (χ0n) is 40.0. The van der Waals surface area contributed by atoms with Crippen molar-refractivity contribution in [3.05, 3.63) is 60.8 Å². The summed E-state index contributed by atoms with van der Waals surface area (Å²) >= 11 is 0. The highest BCUT2D eigenvalue weighted by Gasteiger charge is 2.17. The molecule has 0 radical (unpaired) electrons. The van der Waals surface area contributed by atoms with Gasteiger partial charge in [-0.15, -0.1) is 0 Å². The summed E-state index contributed by atoms with van der Waals surface area (Å²) in [6, 6.07) is 0. The lowest BCUT2D eigenvalue weighted by Gasteiger charge is -2.18. The van der Waals surface area contributed by atoms with Crippen LogP contribution in [0.4, 0.5) is 0 Å². The van der Waals surface area contributed by atoms with Crippen LogP contribution in [-0.2, 0) is 23.8 Å². The maximum atomic E-state index is 12.8. The van der Waals surface area contributed by atoms with Gasteiger partial charge in [-0.1, -0.05) is 223 Å². The molecule has 1 unspecified atom stereocenters. The molecule has 0 aromatic rings. The van der Waals surface area contributed by atoms with Crippen LogP contribution in [0.15, 0.2) is 60.8 Å². The fourth-order valence-electron chi connectivity index (χ4n) is 7.19. The first kappa shape index (κ1) is 57.6. The molecule has 0 aromatic heterocycles. The van der Waals surface area contributed by atoms with Crippen molar-refractivity contribution in [2.75, 3.05) is 19.8 Å². The number of unbranched alkanes of at least 4 members (excludes halogenated alkanes) is 26. The van der Waals surface area contributed by atoms with Crippen LogP contribution in [0.2, 0.25) is 0 Å². The monoisotopic (exact) mass is 839 g/mol. The van der Waals surface area contributed by atoms with Gasteiger partial charge in [0.15, 0.2) is 6.10 Å². The molecule has 0 aliphatic heterocycles. The molecule has 0 amide bonds. The number of allylic oxidation sites excluding steroid dienone is 10. The normalized spacial score (nSPS) is 12.7. The highest BCUT2D eigenvalue weighted by atomic mass is 16.6. The Morgan fingerprint density at radius 2 is 0.767 bits per heavy atom. The summed E-state index contributed by atoms with van der Waals surface area (Å²) in [7, 11) is 0. The lowest BCUT2D eigenvalue weighted by Crippen LogP contribution is -2.30. The molecule has 1 atom stereocenters.